The molecule has 0 radical (unpaired) electrons. The van der Waals surface area contributed by atoms with E-state index in [0.717, 1.165) is 0 Å². The molecule has 14 heteroatoms. The number of hydrogen-bond acceptors (Lipinski definition) is 14. The molecule has 0 saturated carbocycles. The summed E-state index contributed by atoms with van der Waals surface area (Å²) in [4.78, 5) is 71.3. The smallest absolute Gasteiger partial charge is 0.308 e. The van der Waals surface area contributed by atoms with Crippen molar-refractivity contribution in [2.45, 2.75) is 27.7 Å². The van der Waals surface area contributed by atoms with Crippen molar-refractivity contribution in [3.63, 3.8) is 0 Å². The Balaban J connectivity index is 0.000000208. The topological polar surface area (TPSA) is 184 Å². The van der Waals surface area contributed by atoms with E-state index in [0.29, 0.717) is 33.8 Å². The van der Waals surface area contributed by atoms with Crippen molar-refractivity contribution in [2.24, 2.45) is 0 Å². The van der Waals surface area contributed by atoms with E-state index in [1.165, 1.54) is 64.5 Å². The Labute approximate surface area is 306 Å². The Kier molecular flexibility index (Phi) is 11.6. The second-order valence-corrected chi connectivity index (χ2v) is 11.3. The zero-order chi connectivity index (χ0) is 39.1. The molecular weight excluding hydrogens is 704 g/mol. The maximum atomic E-state index is 12.9. The first-order chi connectivity index (χ1) is 25.8. The molecule has 0 amide bonds. The molecular formula is C40H32O14. The minimum Gasteiger partial charge on any atom is -0.497 e. The van der Waals surface area contributed by atoms with Crippen molar-refractivity contribution in [3.05, 3.63) is 106 Å². The van der Waals surface area contributed by atoms with Crippen LogP contribution in [0.1, 0.15) is 27.7 Å². The van der Waals surface area contributed by atoms with E-state index in [-0.39, 0.29) is 55.8 Å². The van der Waals surface area contributed by atoms with Crippen LogP contribution in [-0.2, 0) is 19.2 Å². The summed E-state index contributed by atoms with van der Waals surface area (Å²) < 4.78 is 41.7. The number of carbonyl (C=O) groups excluding carboxylic acids is 4. The van der Waals surface area contributed by atoms with Gasteiger partial charge in [-0.15, -0.1) is 0 Å². The molecule has 0 aliphatic rings. The van der Waals surface area contributed by atoms with Crippen LogP contribution in [0.4, 0.5) is 0 Å². The lowest BCUT2D eigenvalue weighted by molar-refractivity contribution is -0.134. The van der Waals surface area contributed by atoms with E-state index >= 15 is 0 Å². The van der Waals surface area contributed by atoms with Crippen LogP contribution >= 0.6 is 0 Å². The zero-order valence-corrected chi connectivity index (χ0v) is 29.8. The number of ether oxygens (including phenoxy) is 6. The molecule has 0 aliphatic carbocycles. The van der Waals surface area contributed by atoms with Crippen LogP contribution in [-0.4, -0.2) is 38.1 Å². The summed E-state index contributed by atoms with van der Waals surface area (Å²) in [6.07, 6.45) is 2.55. The van der Waals surface area contributed by atoms with E-state index in [2.05, 4.69) is 0 Å². The largest absolute Gasteiger partial charge is 0.497 e. The number of carbonyl (C=O) groups is 4. The van der Waals surface area contributed by atoms with Crippen LogP contribution in [0, 0.1) is 0 Å². The molecule has 54 heavy (non-hydrogen) atoms. The van der Waals surface area contributed by atoms with Crippen LogP contribution in [0.2, 0.25) is 0 Å². The van der Waals surface area contributed by atoms with E-state index in [9.17, 15) is 28.8 Å². The van der Waals surface area contributed by atoms with E-state index in [1.807, 2.05) is 0 Å². The molecule has 14 nitrogen and oxygen atoms in total. The molecule has 0 spiro atoms. The van der Waals surface area contributed by atoms with Crippen LogP contribution in [0.3, 0.4) is 0 Å². The number of rotatable bonds is 8. The molecule has 2 heterocycles. The number of methoxy groups -OCH3 is 2. The van der Waals surface area contributed by atoms with Crippen molar-refractivity contribution in [1.82, 2.24) is 0 Å². The number of hydrogen-bond donors (Lipinski definition) is 0. The molecule has 0 atom stereocenters. The molecule has 276 valence electrons. The van der Waals surface area contributed by atoms with Gasteiger partial charge in [0.15, 0.2) is 22.7 Å². The van der Waals surface area contributed by atoms with Gasteiger partial charge in [-0.05, 0) is 59.7 Å². The summed E-state index contributed by atoms with van der Waals surface area (Å²) in [6.45, 7) is 4.82. The molecule has 0 saturated heterocycles. The quantitative estimate of drug-likeness (QED) is 0.120. The predicted molar refractivity (Wildman–Crippen MR) is 194 cm³/mol. The molecule has 4 aromatic carbocycles. The maximum Gasteiger partial charge on any atom is 0.308 e. The highest BCUT2D eigenvalue weighted by Gasteiger charge is 2.21. The van der Waals surface area contributed by atoms with Gasteiger partial charge in [0, 0.05) is 27.7 Å². The standard InChI is InChI=1S/2C20H16O7/c2*1-11(21)26-17-9-8-15-18(23)16(13-4-6-14(24-3)7-5-13)10-25-19(15)20(17)27-12(2)22/h2*4-10H,1-3H3. The highest BCUT2D eigenvalue weighted by molar-refractivity contribution is 5.92. The van der Waals surface area contributed by atoms with Crippen LogP contribution in [0.15, 0.2) is 104 Å². The van der Waals surface area contributed by atoms with E-state index < -0.39 is 23.9 Å². The molecule has 6 rings (SSSR count). The Morgan fingerprint density at radius 2 is 0.796 bits per heavy atom. The van der Waals surface area contributed by atoms with E-state index in [4.69, 9.17) is 37.3 Å². The van der Waals surface area contributed by atoms with Gasteiger partial charge in [0.2, 0.25) is 22.4 Å². The first-order valence-electron chi connectivity index (χ1n) is 16.0. The third kappa shape index (κ3) is 8.45. The lowest BCUT2D eigenvalue weighted by Crippen LogP contribution is -2.10. The van der Waals surface area contributed by atoms with E-state index in [1.54, 1.807) is 62.8 Å². The second kappa shape index (κ2) is 16.4. The lowest BCUT2D eigenvalue weighted by atomic mass is 10.1. The molecule has 2 aromatic heterocycles. The molecule has 6 aromatic rings. The minimum atomic E-state index is -0.641. The fraction of sp³-hybridized carbons (Fsp3) is 0.150. The fourth-order valence-electron chi connectivity index (χ4n) is 5.20. The Hall–Kier alpha value is -7.22. The molecule has 0 N–H and O–H groups in total. The van der Waals surface area contributed by atoms with Gasteiger partial charge in [-0.25, -0.2) is 0 Å². The van der Waals surface area contributed by atoms with Crippen LogP contribution < -0.4 is 39.3 Å². The van der Waals surface area contributed by atoms with Gasteiger partial charge < -0.3 is 37.3 Å². The summed E-state index contributed by atoms with van der Waals surface area (Å²) in [5.74, 6) is -1.41. The Morgan fingerprint density at radius 3 is 1.09 bits per heavy atom. The van der Waals surface area contributed by atoms with Gasteiger partial charge in [-0.3, -0.25) is 28.8 Å². The normalized spacial score (nSPS) is 10.5. The monoisotopic (exact) mass is 736 g/mol. The average molecular weight is 737 g/mol. The van der Waals surface area contributed by atoms with Crippen molar-refractivity contribution < 1.29 is 56.4 Å². The Bertz CT molecular complexity index is 2330. The van der Waals surface area contributed by atoms with Gasteiger partial charge in [-0.2, -0.15) is 0 Å². The third-order valence-corrected chi connectivity index (χ3v) is 7.52. The number of fused-ring (bicyclic) bond motifs is 2. The zero-order valence-electron chi connectivity index (χ0n) is 29.8. The van der Waals surface area contributed by atoms with Crippen molar-refractivity contribution >= 4 is 45.8 Å². The highest BCUT2D eigenvalue weighted by atomic mass is 16.6. The summed E-state index contributed by atoms with van der Waals surface area (Å²) in [7, 11) is 3.10. The average Bonchev–Trinajstić information content (AvgIpc) is 3.13. The van der Waals surface area contributed by atoms with Crippen molar-refractivity contribution in [2.75, 3.05) is 14.2 Å². The number of esters is 4. The van der Waals surface area contributed by atoms with Crippen LogP contribution in [0.25, 0.3) is 44.2 Å². The Morgan fingerprint density at radius 1 is 0.463 bits per heavy atom. The third-order valence-electron chi connectivity index (χ3n) is 7.52. The lowest BCUT2D eigenvalue weighted by Gasteiger charge is -2.11. The van der Waals surface area contributed by atoms with Crippen LogP contribution in [0.5, 0.6) is 34.5 Å². The summed E-state index contributed by atoms with van der Waals surface area (Å²) in [5, 5.41) is 0.381. The van der Waals surface area contributed by atoms with Gasteiger partial charge in [0.05, 0.1) is 36.1 Å². The molecule has 0 aliphatic heterocycles. The molecule has 0 bridgehead atoms. The van der Waals surface area contributed by atoms with Crippen molar-refractivity contribution in [1.29, 1.82) is 0 Å². The van der Waals surface area contributed by atoms with Gasteiger partial charge >= 0.3 is 23.9 Å². The predicted octanol–water partition coefficient (Wildman–Crippen LogP) is 6.64. The summed E-state index contributed by atoms with van der Waals surface area (Å²) in [5.41, 5.74) is 1.36. The number of benzene rings is 4. The highest BCUT2D eigenvalue weighted by Crippen LogP contribution is 2.37. The maximum absolute atomic E-state index is 12.9. The van der Waals surface area contributed by atoms with Gasteiger partial charge in [-0.1, -0.05) is 24.3 Å². The SMILES string of the molecule is COc1ccc(-c2coc3c(OC(C)=O)c(OC(C)=O)ccc3c2=O)cc1.COc1ccc(-c2coc3c(OC(C)=O)c(OC(C)=O)ccc3c2=O)cc1. The van der Waals surface area contributed by atoms with Crippen molar-refractivity contribution in [3.8, 4) is 56.8 Å². The molecule has 0 unspecified atom stereocenters. The first-order valence-corrected chi connectivity index (χ1v) is 16.0. The van der Waals surface area contributed by atoms with Gasteiger partial charge in [0.25, 0.3) is 0 Å². The summed E-state index contributed by atoms with van der Waals surface area (Å²) in [6, 6.07) is 19.5. The molecule has 0 fully saturated rings. The first kappa shape index (κ1) is 38.0. The minimum absolute atomic E-state index is 0.00875. The fourth-order valence-corrected chi connectivity index (χ4v) is 5.20. The van der Waals surface area contributed by atoms with Gasteiger partial charge in [0.1, 0.15) is 24.0 Å². The second-order valence-electron chi connectivity index (χ2n) is 11.3. The summed E-state index contributed by atoms with van der Waals surface area (Å²) >= 11 is 0.